The molecule has 0 radical (unpaired) electrons. The maximum absolute atomic E-state index is 11.6. The lowest BCUT2D eigenvalue weighted by Crippen LogP contribution is -2.58. The van der Waals surface area contributed by atoms with Crippen molar-refractivity contribution in [2.75, 3.05) is 5.73 Å². The predicted octanol–water partition coefficient (Wildman–Crippen LogP) is -3.11. The standard InChI is InChI=1S/C10H13N3O7/c11-3-1-2-13(10(19)12-3)8-6(16)4(14)5(15)7(20-8)9(17)18/h1-2,4-8,14-16H,(H,17,18)(H2,11,12,19)/t4-,5-,6+,7-,8-/m0/s1. The van der Waals surface area contributed by atoms with Gasteiger partial charge in [0.05, 0.1) is 0 Å². The van der Waals surface area contributed by atoms with E-state index in [2.05, 4.69) is 4.98 Å². The summed E-state index contributed by atoms with van der Waals surface area (Å²) in [6.45, 7) is 0. The molecule has 1 saturated heterocycles. The second-order valence-corrected chi connectivity index (χ2v) is 4.30. The zero-order valence-electron chi connectivity index (χ0n) is 10.0. The molecule has 2 rings (SSSR count). The molecule has 6 N–H and O–H groups in total. The Morgan fingerprint density at radius 2 is 1.95 bits per heavy atom. The number of aliphatic hydroxyl groups is 3. The number of nitrogens with zero attached hydrogens (tertiary/aromatic N) is 2. The second-order valence-electron chi connectivity index (χ2n) is 4.30. The van der Waals surface area contributed by atoms with E-state index >= 15 is 0 Å². The van der Waals surface area contributed by atoms with Crippen LogP contribution in [-0.2, 0) is 9.53 Å². The van der Waals surface area contributed by atoms with Crippen molar-refractivity contribution in [1.29, 1.82) is 0 Å². The average molecular weight is 287 g/mol. The molecule has 0 aromatic carbocycles. The molecule has 10 heteroatoms. The number of aromatic nitrogens is 2. The minimum atomic E-state index is -1.82. The molecule has 1 aromatic heterocycles. The molecule has 1 fully saturated rings. The second kappa shape index (κ2) is 5.17. The smallest absolute Gasteiger partial charge is 0.351 e. The van der Waals surface area contributed by atoms with Gasteiger partial charge in [0.1, 0.15) is 24.1 Å². The number of aliphatic carboxylic acids is 1. The fourth-order valence-electron chi connectivity index (χ4n) is 1.91. The van der Waals surface area contributed by atoms with Gasteiger partial charge in [-0.25, -0.2) is 9.59 Å². The molecular formula is C10H13N3O7. The minimum absolute atomic E-state index is 0.0630. The van der Waals surface area contributed by atoms with Gasteiger partial charge in [-0.1, -0.05) is 0 Å². The highest BCUT2D eigenvalue weighted by molar-refractivity contribution is 5.73. The Bertz CT molecular complexity index is 574. The summed E-state index contributed by atoms with van der Waals surface area (Å²) in [5.41, 5.74) is 4.42. The summed E-state index contributed by atoms with van der Waals surface area (Å²) >= 11 is 0. The SMILES string of the molecule is Nc1ccn([C@H]2O[C@H](C(=O)O)[C@@H](O)[C@H](O)[C@H]2O)c(=O)n1. The van der Waals surface area contributed by atoms with Crippen molar-refractivity contribution in [2.45, 2.75) is 30.6 Å². The van der Waals surface area contributed by atoms with E-state index in [9.17, 15) is 24.9 Å². The topological polar surface area (TPSA) is 168 Å². The molecule has 0 aliphatic carbocycles. The van der Waals surface area contributed by atoms with Crippen molar-refractivity contribution in [3.8, 4) is 0 Å². The third kappa shape index (κ3) is 2.36. The van der Waals surface area contributed by atoms with Crippen LogP contribution in [0, 0.1) is 0 Å². The lowest BCUT2D eigenvalue weighted by molar-refractivity contribution is -0.247. The van der Waals surface area contributed by atoms with Crippen molar-refractivity contribution >= 4 is 11.8 Å². The zero-order valence-corrected chi connectivity index (χ0v) is 10.0. The van der Waals surface area contributed by atoms with Gasteiger partial charge in [-0.15, -0.1) is 0 Å². The van der Waals surface area contributed by atoms with E-state index in [1.165, 1.54) is 6.07 Å². The van der Waals surface area contributed by atoms with Crippen LogP contribution < -0.4 is 11.4 Å². The summed E-state index contributed by atoms with van der Waals surface area (Å²) < 4.78 is 5.76. The van der Waals surface area contributed by atoms with Crippen LogP contribution in [0.5, 0.6) is 0 Å². The number of anilines is 1. The maximum Gasteiger partial charge on any atom is 0.351 e. The summed E-state index contributed by atoms with van der Waals surface area (Å²) in [6.07, 6.45) is -7.47. The van der Waals surface area contributed by atoms with Gasteiger partial charge in [-0.05, 0) is 6.07 Å². The predicted molar refractivity (Wildman–Crippen MR) is 62.5 cm³/mol. The number of carboxylic acid groups (broad SMARTS) is 1. The van der Waals surface area contributed by atoms with Crippen LogP contribution in [0.25, 0.3) is 0 Å². The van der Waals surface area contributed by atoms with Gasteiger partial charge in [-0.2, -0.15) is 4.98 Å². The van der Waals surface area contributed by atoms with Crippen molar-refractivity contribution in [2.24, 2.45) is 0 Å². The molecule has 0 saturated carbocycles. The van der Waals surface area contributed by atoms with Gasteiger partial charge < -0.3 is 30.9 Å². The molecule has 5 atom stereocenters. The largest absolute Gasteiger partial charge is 0.479 e. The number of hydrogen-bond donors (Lipinski definition) is 5. The quantitative estimate of drug-likeness (QED) is 0.378. The van der Waals surface area contributed by atoms with E-state index in [4.69, 9.17) is 15.6 Å². The molecule has 0 spiro atoms. The fourth-order valence-corrected chi connectivity index (χ4v) is 1.91. The number of nitrogen functional groups attached to an aromatic ring is 1. The molecule has 0 bridgehead atoms. The summed E-state index contributed by atoms with van der Waals surface area (Å²) in [5.74, 6) is -1.60. The highest BCUT2D eigenvalue weighted by Crippen LogP contribution is 2.27. The molecule has 10 nitrogen and oxygen atoms in total. The Hall–Kier alpha value is -2.01. The molecule has 20 heavy (non-hydrogen) atoms. The first-order valence-electron chi connectivity index (χ1n) is 5.60. The van der Waals surface area contributed by atoms with Gasteiger partial charge in [0.15, 0.2) is 12.3 Å². The van der Waals surface area contributed by atoms with Gasteiger partial charge in [0.2, 0.25) is 0 Å². The van der Waals surface area contributed by atoms with Crippen LogP contribution in [0.3, 0.4) is 0 Å². The summed E-state index contributed by atoms with van der Waals surface area (Å²) in [6, 6.07) is 1.24. The normalized spacial score (nSPS) is 33.9. The number of nitrogens with two attached hydrogens (primary N) is 1. The van der Waals surface area contributed by atoms with Crippen LogP contribution >= 0.6 is 0 Å². The molecule has 2 heterocycles. The van der Waals surface area contributed by atoms with Crippen molar-refractivity contribution in [3.63, 3.8) is 0 Å². The van der Waals surface area contributed by atoms with E-state index < -0.39 is 42.3 Å². The summed E-state index contributed by atoms with van der Waals surface area (Å²) in [7, 11) is 0. The molecule has 1 aromatic rings. The van der Waals surface area contributed by atoms with E-state index in [1.807, 2.05) is 0 Å². The van der Waals surface area contributed by atoms with Gasteiger partial charge in [0, 0.05) is 6.20 Å². The maximum atomic E-state index is 11.6. The molecule has 1 aliphatic heterocycles. The van der Waals surface area contributed by atoms with E-state index in [1.54, 1.807) is 0 Å². The van der Waals surface area contributed by atoms with Crippen LogP contribution in [-0.4, -0.2) is 60.4 Å². The highest BCUT2D eigenvalue weighted by Gasteiger charge is 2.47. The zero-order chi connectivity index (χ0) is 15.0. The van der Waals surface area contributed by atoms with Crippen LogP contribution in [0.15, 0.2) is 17.1 Å². The summed E-state index contributed by atoms with van der Waals surface area (Å²) in [4.78, 5) is 26.0. The van der Waals surface area contributed by atoms with Crippen molar-refractivity contribution < 1.29 is 30.0 Å². The Balaban J connectivity index is 2.39. The first kappa shape index (κ1) is 14.4. The Kier molecular flexibility index (Phi) is 3.72. The molecule has 110 valence electrons. The van der Waals surface area contributed by atoms with Gasteiger partial charge in [0.25, 0.3) is 0 Å². The Morgan fingerprint density at radius 1 is 1.30 bits per heavy atom. The number of ether oxygens (including phenoxy) is 1. The van der Waals surface area contributed by atoms with Crippen molar-refractivity contribution in [3.05, 3.63) is 22.7 Å². The Labute approximate surface area is 111 Å². The number of carboxylic acids is 1. The van der Waals surface area contributed by atoms with E-state index in [0.717, 1.165) is 10.8 Å². The number of aliphatic hydroxyl groups excluding tert-OH is 3. The third-order valence-corrected chi connectivity index (χ3v) is 2.96. The molecule has 0 unspecified atom stereocenters. The van der Waals surface area contributed by atoms with Gasteiger partial charge in [-0.3, -0.25) is 4.57 Å². The summed E-state index contributed by atoms with van der Waals surface area (Å²) in [5, 5.41) is 37.9. The number of hydrogen-bond acceptors (Lipinski definition) is 8. The minimum Gasteiger partial charge on any atom is -0.479 e. The monoisotopic (exact) mass is 287 g/mol. The lowest BCUT2D eigenvalue weighted by atomic mass is 9.98. The third-order valence-electron chi connectivity index (χ3n) is 2.96. The fraction of sp³-hybridized carbons (Fsp3) is 0.500. The number of carbonyl (C=O) groups is 1. The molecule has 0 amide bonds. The molecular weight excluding hydrogens is 274 g/mol. The van der Waals surface area contributed by atoms with E-state index in [-0.39, 0.29) is 5.82 Å². The van der Waals surface area contributed by atoms with Crippen molar-refractivity contribution in [1.82, 2.24) is 9.55 Å². The van der Waals surface area contributed by atoms with Crippen LogP contribution in [0.4, 0.5) is 5.82 Å². The highest BCUT2D eigenvalue weighted by atomic mass is 16.6. The van der Waals surface area contributed by atoms with E-state index in [0.29, 0.717) is 0 Å². The van der Waals surface area contributed by atoms with Gasteiger partial charge >= 0.3 is 11.7 Å². The first-order chi connectivity index (χ1) is 9.32. The molecule has 1 aliphatic rings. The number of rotatable bonds is 2. The van der Waals surface area contributed by atoms with Crippen LogP contribution in [0.2, 0.25) is 0 Å². The van der Waals surface area contributed by atoms with Crippen LogP contribution in [0.1, 0.15) is 6.23 Å². The lowest BCUT2D eigenvalue weighted by Gasteiger charge is -2.39. The Morgan fingerprint density at radius 3 is 2.50 bits per heavy atom. The first-order valence-corrected chi connectivity index (χ1v) is 5.60. The average Bonchev–Trinajstić information content (AvgIpc) is 2.37.